The Kier molecular flexibility index (Phi) is 3.71. The van der Waals surface area contributed by atoms with Crippen LogP contribution in [0.2, 0.25) is 0 Å². The largest absolute Gasteiger partial charge is 0.234 e. The minimum Gasteiger partial charge on any atom is -0.234 e. The third-order valence-corrected chi connectivity index (χ3v) is 5.33. The first-order valence-electron chi connectivity index (χ1n) is 5.53. The molecule has 0 aliphatic heterocycles. The van der Waals surface area contributed by atoms with Crippen LogP contribution in [0.5, 0.6) is 0 Å². The summed E-state index contributed by atoms with van der Waals surface area (Å²) in [6.45, 7) is 1.88. The Bertz CT molecular complexity index is 488. The van der Waals surface area contributed by atoms with E-state index in [-0.39, 0.29) is 0 Å². The van der Waals surface area contributed by atoms with Gasteiger partial charge in [0.25, 0.3) is 0 Å². The molecule has 0 aliphatic carbocycles. The molecule has 0 aliphatic rings. The maximum absolute atomic E-state index is 11.0. The molecule has 0 saturated carbocycles. The summed E-state index contributed by atoms with van der Waals surface area (Å²) in [5, 5.41) is 3.27. The van der Waals surface area contributed by atoms with Gasteiger partial charge in [0.1, 0.15) is 5.94 Å². The van der Waals surface area contributed by atoms with Crippen LogP contribution in [-0.4, -0.2) is 14.7 Å². The smallest absolute Gasteiger partial charge is 0.163 e. The van der Waals surface area contributed by atoms with Crippen LogP contribution in [0.15, 0.2) is 65.9 Å². The molecular formula is C15H13OSi. The highest BCUT2D eigenvalue weighted by atomic mass is 28.3. The summed E-state index contributed by atoms with van der Waals surface area (Å²) in [5.74, 6) is 2.07. The second-order valence-corrected chi connectivity index (χ2v) is 6.49. The van der Waals surface area contributed by atoms with Crippen LogP contribution in [0.4, 0.5) is 0 Å². The molecule has 2 rings (SSSR count). The van der Waals surface area contributed by atoms with E-state index in [9.17, 15) is 4.79 Å². The molecule has 1 nitrogen and oxygen atoms in total. The van der Waals surface area contributed by atoms with E-state index in [1.807, 2.05) is 43.3 Å². The molecule has 0 aromatic heterocycles. The predicted octanol–water partition coefficient (Wildman–Crippen LogP) is 1.61. The average molecular weight is 237 g/mol. The normalized spacial score (nSPS) is 10.0. The van der Waals surface area contributed by atoms with Crippen molar-refractivity contribution in [1.82, 2.24) is 0 Å². The van der Waals surface area contributed by atoms with E-state index in [1.165, 1.54) is 10.4 Å². The van der Waals surface area contributed by atoms with Crippen LogP contribution in [0.3, 0.4) is 0 Å². The first kappa shape index (κ1) is 11.6. The standard InChI is InChI=1S/C15H13OSi/c1-13(12-16)17(14-8-4-2-5-9-14)15-10-6-3-7-11-15/h2-11H,1H3. The molecule has 2 aromatic rings. The second-order valence-electron chi connectivity index (χ2n) is 3.83. The van der Waals surface area contributed by atoms with Gasteiger partial charge < -0.3 is 0 Å². The lowest BCUT2D eigenvalue weighted by Gasteiger charge is -2.13. The molecule has 2 heteroatoms. The zero-order chi connectivity index (χ0) is 12.1. The highest BCUT2D eigenvalue weighted by molar-refractivity contribution is 6.91. The fourth-order valence-electron chi connectivity index (χ4n) is 1.86. The zero-order valence-electron chi connectivity index (χ0n) is 9.68. The Hall–Kier alpha value is -1.89. The van der Waals surface area contributed by atoms with Gasteiger partial charge in [-0.05, 0) is 6.92 Å². The second kappa shape index (κ2) is 5.44. The molecule has 0 spiro atoms. The molecule has 17 heavy (non-hydrogen) atoms. The summed E-state index contributed by atoms with van der Waals surface area (Å²) in [5.41, 5.74) is 0. The van der Waals surface area contributed by atoms with Gasteiger partial charge in [-0.3, -0.25) is 0 Å². The van der Waals surface area contributed by atoms with Gasteiger partial charge in [-0.15, -0.1) is 0 Å². The summed E-state index contributed by atoms with van der Waals surface area (Å²) >= 11 is 0. The lowest BCUT2D eigenvalue weighted by atomic mass is 10.4. The lowest BCUT2D eigenvalue weighted by Crippen LogP contribution is -2.43. The van der Waals surface area contributed by atoms with E-state index < -0.39 is 8.80 Å². The van der Waals surface area contributed by atoms with E-state index in [4.69, 9.17) is 0 Å². The van der Waals surface area contributed by atoms with Crippen LogP contribution in [0.1, 0.15) is 6.92 Å². The minimum atomic E-state index is -1.14. The molecule has 1 radical (unpaired) electrons. The van der Waals surface area contributed by atoms with Crippen LogP contribution < -0.4 is 10.4 Å². The first-order chi connectivity index (χ1) is 8.33. The molecule has 0 amide bonds. The van der Waals surface area contributed by atoms with E-state index >= 15 is 0 Å². The van der Waals surface area contributed by atoms with E-state index in [0.29, 0.717) is 0 Å². The van der Waals surface area contributed by atoms with Gasteiger partial charge in [0.15, 0.2) is 8.80 Å². The van der Waals surface area contributed by atoms with Gasteiger partial charge in [0, 0.05) is 5.20 Å². The van der Waals surface area contributed by atoms with E-state index in [2.05, 4.69) is 30.2 Å². The summed E-state index contributed by atoms with van der Waals surface area (Å²) < 4.78 is 0. The Morgan fingerprint density at radius 3 is 1.65 bits per heavy atom. The van der Waals surface area contributed by atoms with Crippen molar-refractivity contribution in [3.05, 3.63) is 65.9 Å². The fraction of sp³-hybridized carbons (Fsp3) is 0.0667. The summed E-state index contributed by atoms with van der Waals surface area (Å²) in [6, 6.07) is 20.4. The van der Waals surface area contributed by atoms with Crippen LogP contribution >= 0.6 is 0 Å². The third kappa shape index (κ3) is 2.62. The highest BCUT2D eigenvalue weighted by Crippen LogP contribution is 1.99. The lowest BCUT2D eigenvalue weighted by molar-refractivity contribution is 0.568. The molecule has 83 valence electrons. The molecule has 0 unspecified atom stereocenters. The van der Waals surface area contributed by atoms with Crippen molar-refractivity contribution in [3.8, 4) is 0 Å². The summed E-state index contributed by atoms with van der Waals surface area (Å²) in [6.07, 6.45) is 0. The number of allylic oxidation sites excluding steroid dienone is 1. The van der Waals surface area contributed by atoms with Gasteiger partial charge in [0.2, 0.25) is 0 Å². The molecule has 0 fully saturated rings. The van der Waals surface area contributed by atoms with Crippen molar-refractivity contribution in [2.24, 2.45) is 0 Å². The number of carbonyl (C=O) groups excluding carboxylic acids is 1. The van der Waals surface area contributed by atoms with E-state index in [1.54, 1.807) is 0 Å². The van der Waals surface area contributed by atoms with Crippen molar-refractivity contribution in [2.75, 3.05) is 0 Å². The van der Waals surface area contributed by atoms with Crippen molar-refractivity contribution < 1.29 is 4.79 Å². The topological polar surface area (TPSA) is 17.1 Å². The maximum atomic E-state index is 11.0. The summed E-state index contributed by atoms with van der Waals surface area (Å²) in [4.78, 5) is 11.0. The highest BCUT2D eigenvalue weighted by Gasteiger charge is 2.19. The molecule has 0 saturated heterocycles. The molecule has 0 heterocycles. The quantitative estimate of drug-likeness (QED) is 0.585. The molecule has 0 N–H and O–H groups in total. The maximum Gasteiger partial charge on any atom is 0.163 e. The Morgan fingerprint density at radius 2 is 1.29 bits per heavy atom. The third-order valence-electron chi connectivity index (χ3n) is 2.65. The Morgan fingerprint density at radius 1 is 0.882 bits per heavy atom. The SMILES string of the molecule is CC(=C=O)[Si](c1ccccc1)c1ccccc1. The van der Waals surface area contributed by atoms with Crippen LogP contribution in [-0.2, 0) is 4.79 Å². The Labute approximate surface area is 103 Å². The molecule has 2 aromatic carbocycles. The number of benzene rings is 2. The van der Waals surface area contributed by atoms with E-state index in [0.717, 1.165) is 5.20 Å². The van der Waals surface area contributed by atoms with Gasteiger partial charge in [-0.25, -0.2) is 4.79 Å². The molecule has 0 atom stereocenters. The Balaban J connectivity index is 2.51. The van der Waals surface area contributed by atoms with Crippen LogP contribution in [0, 0.1) is 0 Å². The monoisotopic (exact) mass is 237 g/mol. The van der Waals surface area contributed by atoms with Gasteiger partial charge in [-0.1, -0.05) is 71.0 Å². The predicted molar refractivity (Wildman–Crippen MR) is 72.8 cm³/mol. The molecular weight excluding hydrogens is 224 g/mol. The van der Waals surface area contributed by atoms with Crippen molar-refractivity contribution >= 4 is 25.1 Å². The van der Waals surface area contributed by atoms with Crippen molar-refractivity contribution in [1.29, 1.82) is 0 Å². The molecule has 0 bridgehead atoms. The van der Waals surface area contributed by atoms with Gasteiger partial charge in [-0.2, -0.15) is 0 Å². The number of hydrogen-bond acceptors (Lipinski definition) is 1. The minimum absolute atomic E-state index is 0.812. The average Bonchev–Trinajstić information content (AvgIpc) is 2.41. The van der Waals surface area contributed by atoms with Gasteiger partial charge >= 0.3 is 0 Å². The zero-order valence-corrected chi connectivity index (χ0v) is 10.7. The fourth-order valence-corrected chi connectivity index (χ4v) is 4.21. The van der Waals surface area contributed by atoms with Crippen LogP contribution in [0.25, 0.3) is 0 Å². The summed E-state index contributed by atoms with van der Waals surface area (Å²) in [7, 11) is -1.14. The van der Waals surface area contributed by atoms with Crippen molar-refractivity contribution in [3.63, 3.8) is 0 Å². The number of hydrogen-bond donors (Lipinski definition) is 0. The van der Waals surface area contributed by atoms with Crippen molar-refractivity contribution in [2.45, 2.75) is 6.92 Å². The number of rotatable bonds is 3. The first-order valence-corrected chi connectivity index (χ1v) is 7.03. The van der Waals surface area contributed by atoms with Gasteiger partial charge in [0.05, 0.1) is 0 Å².